The van der Waals surface area contributed by atoms with Crippen LogP contribution in [0.4, 0.5) is 0 Å². The Morgan fingerprint density at radius 2 is 1.92 bits per heavy atom. The summed E-state index contributed by atoms with van der Waals surface area (Å²) < 4.78 is 6.81. The minimum absolute atomic E-state index is 0.00689. The van der Waals surface area contributed by atoms with Gasteiger partial charge in [-0.05, 0) is 62.9 Å². The summed E-state index contributed by atoms with van der Waals surface area (Å²) >= 11 is 0. The molecule has 0 radical (unpaired) electrons. The second-order valence-corrected chi connectivity index (χ2v) is 9.78. The van der Waals surface area contributed by atoms with Crippen molar-refractivity contribution >= 4 is 28.5 Å². The van der Waals surface area contributed by atoms with Gasteiger partial charge in [0.15, 0.2) is 11.4 Å². The monoisotopic (exact) mass is 505 g/mol. The van der Waals surface area contributed by atoms with Crippen molar-refractivity contribution in [3.63, 3.8) is 0 Å². The van der Waals surface area contributed by atoms with E-state index in [1.165, 1.54) is 4.57 Å². The molecule has 0 saturated heterocycles. The molecule has 196 valence electrons. The number of hydrogen-bond acceptors (Lipinski definition) is 7. The third-order valence-electron chi connectivity index (χ3n) is 7.44. The average molecular weight is 506 g/mol. The van der Waals surface area contributed by atoms with Crippen LogP contribution in [0.25, 0.3) is 16.8 Å². The van der Waals surface area contributed by atoms with Crippen LogP contribution in [0.15, 0.2) is 51.9 Å². The van der Waals surface area contributed by atoms with Gasteiger partial charge in [-0.1, -0.05) is 38.3 Å². The fourth-order valence-electron chi connectivity index (χ4n) is 5.19. The maximum Gasteiger partial charge on any atom is 0.424 e. The van der Waals surface area contributed by atoms with Gasteiger partial charge in [0.05, 0.1) is 35.2 Å². The van der Waals surface area contributed by atoms with Crippen LogP contribution >= 0.6 is 0 Å². The highest BCUT2D eigenvalue weighted by Crippen LogP contribution is 2.30. The van der Waals surface area contributed by atoms with Crippen molar-refractivity contribution in [1.29, 1.82) is 5.41 Å². The summed E-state index contributed by atoms with van der Waals surface area (Å²) in [6, 6.07) is 7.73. The minimum atomic E-state index is -0.735. The van der Waals surface area contributed by atoms with E-state index in [-0.39, 0.29) is 23.3 Å². The third kappa shape index (κ3) is 5.56. The van der Waals surface area contributed by atoms with Gasteiger partial charge >= 0.3 is 5.76 Å². The van der Waals surface area contributed by atoms with Gasteiger partial charge in [0.2, 0.25) is 5.91 Å². The molecule has 9 nitrogen and oxygen atoms in total. The van der Waals surface area contributed by atoms with Gasteiger partial charge in [-0.2, -0.15) is 0 Å². The average Bonchev–Trinajstić information content (AvgIpc) is 3.27. The molecule has 4 rings (SSSR count). The molecule has 1 saturated carbocycles. The molecule has 1 fully saturated rings. The normalized spacial score (nSPS) is 16.7. The van der Waals surface area contributed by atoms with Crippen molar-refractivity contribution in [2.45, 2.75) is 70.4 Å². The van der Waals surface area contributed by atoms with Gasteiger partial charge in [-0.3, -0.25) is 14.6 Å². The van der Waals surface area contributed by atoms with Crippen LogP contribution in [0, 0.1) is 11.3 Å². The van der Waals surface area contributed by atoms with Gasteiger partial charge in [0.1, 0.15) is 0 Å². The molecule has 0 unspecified atom stereocenters. The molecule has 1 amide bonds. The molecule has 2 heterocycles. The number of oxazole rings is 1. The number of fused-ring (bicyclic) bond motifs is 1. The highest BCUT2D eigenvalue weighted by molar-refractivity contribution is 6.42. The number of likely N-dealkylation sites (N-methyl/N-ethyl adjacent to an activating group) is 1. The number of rotatable bonds is 10. The van der Waals surface area contributed by atoms with Gasteiger partial charge in [-0.25, -0.2) is 9.36 Å². The van der Waals surface area contributed by atoms with Crippen molar-refractivity contribution in [1.82, 2.24) is 20.2 Å². The van der Waals surface area contributed by atoms with E-state index in [0.717, 1.165) is 32.1 Å². The smallest absolute Gasteiger partial charge is 0.407 e. The van der Waals surface area contributed by atoms with E-state index in [9.17, 15) is 14.4 Å². The standard InChI is InChI=1S/C28H35N5O4/c1-4-21(19-14-20(16-31-15-19)33-22-12-8-9-13-23(22)37-28(33)36)24(29)26(34)25(18-10-6-5-7-11-18)32-27(35)17(2)30-3/h8-9,12-18,21,25,29-30H,4-7,10-11H2,1-3H3,(H,32,35)/t17-,21-,25-/m0/s1. The lowest BCUT2D eigenvalue weighted by molar-refractivity contribution is -0.127. The molecule has 0 spiro atoms. The first kappa shape index (κ1) is 26.5. The molecule has 1 aliphatic carbocycles. The van der Waals surface area contributed by atoms with Crippen LogP contribution in [0.1, 0.15) is 63.9 Å². The predicted molar refractivity (Wildman–Crippen MR) is 142 cm³/mol. The molecule has 1 aromatic carbocycles. The van der Waals surface area contributed by atoms with Crippen molar-refractivity contribution in [3.8, 4) is 5.69 Å². The number of Topliss-reactive ketones (excluding diaryl/α,β-unsaturated/α-hetero) is 1. The first-order chi connectivity index (χ1) is 17.8. The van der Waals surface area contributed by atoms with Gasteiger partial charge in [0.25, 0.3) is 0 Å². The number of hydrogen-bond donors (Lipinski definition) is 3. The number of carbonyl (C=O) groups is 2. The fraction of sp³-hybridized carbons (Fsp3) is 0.464. The zero-order valence-corrected chi connectivity index (χ0v) is 21.6. The maximum absolute atomic E-state index is 13.8. The fourth-order valence-corrected chi connectivity index (χ4v) is 5.19. The highest BCUT2D eigenvalue weighted by atomic mass is 16.4. The Bertz CT molecular complexity index is 1340. The van der Waals surface area contributed by atoms with Crippen LogP contribution in [0.5, 0.6) is 0 Å². The Labute approximate surface area is 216 Å². The molecule has 1 aliphatic rings. The zero-order valence-electron chi connectivity index (χ0n) is 21.6. The summed E-state index contributed by atoms with van der Waals surface area (Å²) in [7, 11) is 1.70. The number of nitrogens with zero attached hydrogens (tertiary/aromatic N) is 2. The van der Waals surface area contributed by atoms with Gasteiger partial charge in [-0.15, -0.1) is 0 Å². The lowest BCUT2D eigenvalue weighted by Gasteiger charge is -2.32. The van der Waals surface area contributed by atoms with Crippen LogP contribution in [-0.4, -0.2) is 46.1 Å². The number of aromatic nitrogens is 2. The third-order valence-corrected chi connectivity index (χ3v) is 7.44. The number of nitrogens with one attached hydrogen (secondary N) is 3. The Morgan fingerprint density at radius 3 is 2.62 bits per heavy atom. The van der Waals surface area contributed by atoms with Crippen LogP contribution in [0.2, 0.25) is 0 Å². The number of carbonyl (C=O) groups excluding carboxylic acids is 2. The lowest BCUT2D eigenvalue weighted by atomic mass is 9.78. The molecule has 0 aliphatic heterocycles. The summed E-state index contributed by atoms with van der Waals surface area (Å²) in [6.45, 7) is 3.66. The molecule has 37 heavy (non-hydrogen) atoms. The lowest BCUT2D eigenvalue weighted by Crippen LogP contribution is -2.53. The Balaban J connectivity index is 1.64. The molecular formula is C28H35N5O4. The largest absolute Gasteiger partial charge is 0.424 e. The van der Waals surface area contributed by atoms with Crippen molar-refractivity contribution < 1.29 is 14.0 Å². The van der Waals surface area contributed by atoms with Crippen LogP contribution in [-0.2, 0) is 9.59 Å². The second-order valence-electron chi connectivity index (χ2n) is 9.78. The Morgan fingerprint density at radius 1 is 1.19 bits per heavy atom. The minimum Gasteiger partial charge on any atom is -0.407 e. The van der Waals surface area contributed by atoms with E-state index < -0.39 is 23.8 Å². The van der Waals surface area contributed by atoms with E-state index in [2.05, 4.69) is 15.6 Å². The van der Waals surface area contributed by atoms with E-state index in [1.807, 2.05) is 13.0 Å². The SMILES string of the molecule is CC[C@H](C(=N)C(=O)[C@@H](NC(=O)[C@H](C)NC)C1CCCCC1)c1cncc(-n2c(=O)oc3ccccc32)c1. The topological polar surface area (TPSA) is 130 Å². The Hall–Kier alpha value is -3.59. The Kier molecular flexibility index (Phi) is 8.33. The van der Waals surface area contributed by atoms with Crippen molar-refractivity contribution in [2.75, 3.05) is 7.05 Å². The van der Waals surface area contributed by atoms with Crippen LogP contribution < -0.4 is 16.4 Å². The molecule has 9 heteroatoms. The molecule has 3 N–H and O–H groups in total. The summed E-state index contributed by atoms with van der Waals surface area (Å²) in [6.07, 6.45) is 8.53. The van der Waals surface area contributed by atoms with Crippen LogP contribution in [0.3, 0.4) is 0 Å². The summed E-state index contributed by atoms with van der Waals surface area (Å²) in [4.78, 5) is 43.4. The van der Waals surface area contributed by atoms with E-state index in [4.69, 9.17) is 9.83 Å². The molecule has 0 bridgehead atoms. The zero-order chi connectivity index (χ0) is 26.5. The van der Waals surface area contributed by atoms with E-state index in [0.29, 0.717) is 28.8 Å². The highest BCUT2D eigenvalue weighted by Gasteiger charge is 2.36. The number of ketones is 1. The van der Waals surface area contributed by atoms with Gasteiger partial charge in [0, 0.05) is 12.1 Å². The van der Waals surface area contributed by atoms with Crippen molar-refractivity contribution in [3.05, 3.63) is 58.8 Å². The second kappa shape index (κ2) is 11.6. The number of benzene rings is 1. The molecule has 2 aromatic heterocycles. The summed E-state index contributed by atoms with van der Waals surface area (Å²) in [5, 5.41) is 14.8. The van der Waals surface area contributed by atoms with Crippen molar-refractivity contribution in [2.24, 2.45) is 5.92 Å². The summed E-state index contributed by atoms with van der Waals surface area (Å²) in [5.41, 5.74) is 2.19. The van der Waals surface area contributed by atoms with E-state index >= 15 is 0 Å². The predicted octanol–water partition coefficient (Wildman–Crippen LogP) is 3.73. The molecule has 3 aromatic rings. The van der Waals surface area contributed by atoms with Gasteiger partial charge < -0.3 is 20.5 Å². The van der Waals surface area contributed by atoms with E-state index in [1.54, 1.807) is 50.6 Å². The number of amides is 1. The maximum atomic E-state index is 13.8. The number of pyridine rings is 1. The summed E-state index contributed by atoms with van der Waals surface area (Å²) in [5.74, 6) is -1.65. The molecular weight excluding hydrogens is 470 g/mol. The first-order valence-electron chi connectivity index (χ1n) is 13.0. The first-order valence-corrected chi connectivity index (χ1v) is 13.0. The quantitative estimate of drug-likeness (QED) is 0.360. The number of para-hydroxylation sites is 2. The molecule has 3 atom stereocenters.